The molecule has 2 N–H and O–H groups in total. The van der Waals surface area contributed by atoms with Crippen LogP contribution in [0.3, 0.4) is 0 Å². The van der Waals surface area contributed by atoms with Gasteiger partial charge in [0.15, 0.2) is 0 Å². The topological polar surface area (TPSA) is 48.8 Å². The fourth-order valence-corrected chi connectivity index (χ4v) is 2.05. The second-order valence-electron chi connectivity index (χ2n) is 6.30. The molecule has 132 valence electrons. The number of rotatable bonds is 6. The molecule has 2 rings (SSSR count). The zero-order valence-corrected chi connectivity index (χ0v) is 16.1. The van der Waals surface area contributed by atoms with Crippen LogP contribution < -0.4 is 10.6 Å². The standard InChI is InChI=1S/C18H24N4.2ClH/c1-17(2,19-15-11-7-5-8-12-15)21-22-18(3,4)20-16-13-9-6-10-14-16;;/h5-14,19-20H,1-4H3;2*1H/b22-21+;;. The number of benzene rings is 2. The molecule has 0 radical (unpaired) electrons. The minimum absolute atomic E-state index is 0. The van der Waals surface area contributed by atoms with Gasteiger partial charge >= 0.3 is 0 Å². The zero-order chi connectivity index (χ0) is 16.1. The van der Waals surface area contributed by atoms with E-state index in [1.54, 1.807) is 0 Å². The van der Waals surface area contributed by atoms with Gasteiger partial charge in [0.05, 0.1) is 0 Å². The molecule has 0 spiro atoms. The van der Waals surface area contributed by atoms with Gasteiger partial charge in [-0.2, -0.15) is 10.2 Å². The first-order valence-corrected chi connectivity index (χ1v) is 7.47. The minimum Gasteiger partial charge on any atom is -0.360 e. The average Bonchev–Trinajstić information content (AvgIpc) is 2.47. The van der Waals surface area contributed by atoms with Gasteiger partial charge in [-0.15, -0.1) is 24.8 Å². The van der Waals surface area contributed by atoms with E-state index in [0.29, 0.717) is 0 Å². The summed E-state index contributed by atoms with van der Waals surface area (Å²) in [6.45, 7) is 8.01. The monoisotopic (exact) mass is 368 g/mol. The Morgan fingerprint density at radius 1 is 0.583 bits per heavy atom. The zero-order valence-electron chi connectivity index (χ0n) is 14.5. The van der Waals surface area contributed by atoms with Crippen LogP contribution >= 0.6 is 24.8 Å². The van der Waals surface area contributed by atoms with E-state index in [4.69, 9.17) is 0 Å². The van der Waals surface area contributed by atoms with E-state index in [9.17, 15) is 0 Å². The molecule has 0 aromatic heterocycles. The predicted octanol–water partition coefficient (Wildman–Crippen LogP) is 5.98. The molecule has 0 aliphatic carbocycles. The summed E-state index contributed by atoms with van der Waals surface area (Å²) in [7, 11) is 0. The van der Waals surface area contributed by atoms with Gasteiger partial charge in [0.25, 0.3) is 0 Å². The first kappa shape index (κ1) is 22.2. The van der Waals surface area contributed by atoms with Gasteiger partial charge < -0.3 is 10.6 Å². The van der Waals surface area contributed by atoms with Crippen LogP contribution in [-0.4, -0.2) is 11.3 Å². The molecule has 0 fully saturated rings. The lowest BCUT2D eigenvalue weighted by atomic mass is 10.2. The van der Waals surface area contributed by atoms with Crippen LogP contribution in [0.1, 0.15) is 27.7 Å². The van der Waals surface area contributed by atoms with Crippen molar-refractivity contribution in [3.8, 4) is 0 Å². The van der Waals surface area contributed by atoms with Crippen molar-refractivity contribution in [3.63, 3.8) is 0 Å². The Morgan fingerprint density at radius 2 is 0.875 bits per heavy atom. The van der Waals surface area contributed by atoms with E-state index >= 15 is 0 Å². The molecule has 2 aromatic carbocycles. The van der Waals surface area contributed by atoms with Crippen LogP contribution in [0.2, 0.25) is 0 Å². The molecule has 0 saturated carbocycles. The third-order valence-corrected chi connectivity index (χ3v) is 3.00. The number of azo groups is 1. The fourth-order valence-electron chi connectivity index (χ4n) is 2.05. The van der Waals surface area contributed by atoms with Crippen LogP contribution in [-0.2, 0) is 0 Å². The number of nitrogens with one attached hydrogen (secondary N) is 2. The predicted molar refractivity (Wildman–Crippen MR) is 108 cm³/mol. The van der Waals surface area contributed by atoms with Gasteiger partial charge in [0.2, 0.25) is 0 Å². The van der Waals surface area contributed by atoms with Gasteiger partial charge in [-0.25, -0.2) is 0 Å². The van der Waals surface area contributed by atoms with Crippen molar-refractivity contribution in [2.45, 2.75) is 39.0 Å². The van der Waals surface area contributed by atoms with E-state index in [-0.39, 0.29) is 24.8 Å². The largest absolute Gasteiger partial charge is 0.360 e. The first-order valence-electron chi connectivity index (χ1n) is 7.47. The molecule has 0 saturated heterocycles. The summed E-state index contributed by atoms with van der Waals surface area (Å²) in [6.07, 6.45) is 0. The highest BCUT2D eigenvalue weighted by atomic mass is 35.5. The van der Waals surface area contributed by atoms with Gasteiger partial charge in [0.1, 0.15) is 11.3 Å². The molecule has 0 amide bonds. The Kier molecular flexibility index (Phi) is 8.80. The second kappa shape index (κ2) is 9.50. The lowest BCUT2D eigenvalue weighted by Gasteiger charge is -2.26. The van der Waals surface area contributed by atoms with Crippen molar-refractivity contribution in [1.29, 1.82) is 0 Å². The quantitative estimate of drug-likeness (QED) is 0.616. The maximum atomic E-state index is 4.47. The minimum atomic E-state index is -0.475. The number of halogens is 2. The van der Waals surface area contributed by atoms with Crippen molar-refractivity contribution in [2.75, 3.05) is 10.6 Å². The molecule has 6 heteroatoms. The van der Waals surface area contributed by atoms with E-state index in [2.05, 4.69) is 20.9 Å². The molecule has 24 heavy (non-hydrogen) atoms. The maximum Gasteiger partial charge on any atom is 0.144 e. The number of anilines is 2. The Morgan fingerprint density at radius 3 is 1.17 bits per heavy atom. The Labute approximate surface area is 157 Å². The normalized spacial score (nSPS) is 11.3. The molecule has 0 aliphatic heterocycles. The summed E-state index contributed by atoms with van der Waals surface area (Å²) in [6, 6.07) is 20.0. The second-order valence-corrected chi connectivity index (χ2v) is 6.30. The van der Waals surface area contributed by atoms with Crippen LogP contribution in [0.5, 0.6) is 0 Å². The lowest BCUT2D eigenvalue weighted by Crippen LogP contribution is -2.32. The van der Waals surface area contributed by atoms with Gasteiger partial charge in [-0.3, -0.25) is 0 Å². The van der Waals surface area contributed by atoms with Crippen LogP contribution in [0, 0.1) is 0 Å². The first-order chi connectivity index (χ1) is 10.4. The van der Waals surface area contributed by atoms with E-state index < -0.39 is 11.3 Å². The Hall–Kier alpha value is -1.78. The third-order valence-electron chi connectivity index (χ3n) is 3.00. The van der Waals surface area contributed by atoms with E-state index in [1.807, 2.05) is 88.4 Å². The number of para-hydroxylation sites is 2. The van der Waals surface area contributed by atoms with E-state index in [0.717, 1.165) is 11.4 Å². The highest BCUT2D eigenvalue weighted by Crippen LogP contribution is 2.20. The molecule has 0 atom stereocenters. The third kappa shape index (κ3) is 7.66. The van der Waals surface area contributed by atoms with Gasteiger partial charge in [-0.1, -0.05) is 36.4 Å². The summed E-state index contributed by atoms with van der Waals surface area (Å²) in [5.74, 6) is 0. The molecule has 0 unspecified atom stereocenters. The fraction of sp³-hybridized carbons (Fsp3) is 0.333. The molecule has 0 bridgehead atoms. The van der Waals surface area contributed by atoms with Crippen molar-refractivity contribution in [2.24, 2.45) is 10.2 Å². The van der Waals surface area contributed by atoms with Crippen molar-refractivity contribution >= 4 is 36.2 Å². The van der Waals surface area contributed by atoms with Gasteiger partial charge in [-0.05, 0) is 52.0 Å². The summed E-state index contributed by atoms with van der Waals surface area (Å²) < 4.78 is 0. The average molecular weight is 369 g/mol. The van der Waals surface area contributed by atoms with Crippen LogP contribution in [0.25, 0.3) is 0 Å². The highest BCUT2D eigenvalue weighted by Gasteiger charge is 2.20. The Bertz CT molecular complexity index is 558. The summed E-state index contributed by atoms with van der Waals surface area (Å²) in [5.41, 5.74) is 1.11. The number of hydrogen-bond donors (Lipinski definition) is 2. The van der Waals surface area contributed by atoms with Crippen molar-refractivity contribution in [1.82, 2.24) is 0 Å². The molecule has 2 aromatic rings. The molecular formula is C18H26Cl2N4. The molecule has 4 nitrogen and oxygen atoms in total. The molecule has 0 heterocycles. The van der Waals surface area contributed by atoms with Gasteiger partial charge in [0, 0.05) is 11.4 Å². The summed E-state index contributed by atoms with van der Waals surface area (Å²) in [4.78, 5) is 0. The van der Waals surface area contributed by atoms with Crippen molar-refractivity contribution in [3.05, 3.63) is 60.7 Å². The lowest BCUT2D eigenvalue weighted by molar-refractivity contribution is 0.482. The number of nitrogens with zero attached hydrogens (tertiary/aromatic N) is 2. The SMILES string of the molecule is CC(C)(/N=N/C(C)(C)Nc1ccccc1)Nc1ccccc1.Cl.Cl. The maximum absolute atomic E-state index is 4.47. The van der Waals surface area contributed by atoms with E-state index in [1.165, 1.54) is 0 Å². The van der Waals surface area contributed by atoms with Crippen LogP contribution in [0.15, 0.2) is 70.9 Å². The summed E-state index contributed by atoms with van der Waals surface area (Å²) in [5, 5.41) is 15.7. The van der Waals surface area contributed by atoms with Crippen molar-refractivity contribution < 1.29 is 0 Å². The summed E-state index contributed by atoms with van der Waals surface area (Å²) >= 11 is 0. The molecule has 0 aliphatic rings. The Balaban J connectivity index is 0.00000264. The highest BCUT2D eigenvalue weighted by molar-refractivity contribution is 5.85. The smallest absolute Gasteiger partial charge is 0.144 e. The van der Waals surface area contributed by atoms with Crippen LogP contribution in [0.4, 0.5) is 11.4 Å². The number of hydrogen-bond acceptors (Lipinski definition) is 4. The molecular weight excluding hydrogens is 343 g/mol.